The summed E-state index contributed by atoms with van der Waals surface area (Å²) < 4.78 is 10.5. The van der Waals surface area contributed by atoms with E-state index >= 15 is 0 Å². The van der Waals surface area contributed by atoms with Gasteiger partial charge in [0, 0.05) is 18.7 Å². The predicted octanol–water partition coefficient (Wildman–Crippen LogP) is 0.0428. The second kappa shape index (κ2) is 6.58. The van der Waals surface area contributed by atoms with E-state index in [9.17, 15) is 9.90 Å². The molecule has 0 saturated carbocycles. The quantitative estimate of drug-likeness (QED) is 0.710. The third kappa shape index (κ3) is 3.20. The van der Waals surface area contributed by atoms with Crippen LogP contribution in [0.2, 0.25) is 0 Å². The van der Waals surface area contributed by atoms with Crippen molar-refractivity contribution in [1.29, 1.82) is 0 Å². The fourth-order valence-corrected chi connectivity index (χ4v) is 2.32. The van der Waals surface area contributed by atoms with Crippen molar-refractivity contribution < 1.29 is 19.4 Å². The van der Waals surface area contributed by atoms with Crippen LogP contribution in [-0.2, 0) is 11.3 Å². The minimum atomic E-state index is -0.447. The molecule has 3 N–H and O–H groups in total. The van der Waals surface area contributed by atoms with Gasteiger partial charge in [-0.2, -0.15) is 0 Å². The number of methoxy groups -OCH3 is 2. The van der Waals surface area contributed by atoms with Crippen molar-refractivity contribution in [1.82, 2.24) is 10.6 Å². The van der Waals surface area contributed by atoms with Gasteiger partial charge in [-0.15, -0.1) is 0 Å². The van der Waals surface area contributed by atoms with Crippen molar-refractivity contribution in [3.63, 3.8) is 0 Å². The molecule has 1 aliphatic heterocycles. The largest absolute Gasteiger partial charge is 0.493 e. The second-order valence-electron chi connectivity index (χ2n) is 4.72. The molecule has 0 aromatic heterocycles. The fraction of sp³-hybridized carbons (Fsp3) is 0.500. The maximum atomic E-state index is 12.0. The van der Waals surface area contributed by atoms with E-state index < -0.39 is 6.10 Å². The number of amides is 1. The van der Waals surface area contributed by atoms with Gasteiger partial charge in [0.05, 0.1) is 26.4 Å². The van der Waals surface area contributed by atoms with Crippen LogP contribution in [0.4, 0.5) is 0 Å². The number of carbonyl (C=O) groups excluding carboxylic acids is 1. The average Bonchev–Trinajstić information content (AvgIpc) is 2.90. The molecule has 1 aromatic carbocycles. The number of benzene rings is 1. The van der Waals surface area contributed by atoms with E-state index in [-0.39, 0.29) is 11.9 Å². The number of aliphatic hydroxyl groups excluding tert-OH is 1. The van der Waals surface area contributed by atoms with Gasteiger partial charge in [-0.05, 0) is 12.5 Å². The smallest absolute Gasteiger partial charge is 0.237 e. The molecule has 1 fully saturated rings. The summed E-state index contributed by atoms with van der Waals surface area (Å²) in [7, 11) is 3.14. The van der Waals surface area contributed by atoms with Crippen molar-refractivity contribution >= 4 is 5.91 Å². The Morgan fingerprint density at radius 3 is 2.85 bits per heavy atom. The Balaban J connectivity index is 1.98. The number of carbonyl (C=O) groups is 1. The van der Waals surface area contributed by atoms with Crippen LogP contribution in [0.1, 0.15) is 12.0 Å². The van der Waals surface area contributed by atoms with Gasteiger partial charge in [-0.3, -0.25) is 4.79 Å². The molecule has 0 radical (unpaired) electrons. The van der Waals surface area contributed by atoms with E-state index in [2.05, 4.69) is 10.6 Å². The molecule has 0 spiro atoms. The molecule has 0 aliphatic carbocycles. The number of ether oxygens (including phenoxy) is 2. The van der Waals surface area contributed by atoms with Crippen LogP contribution in [0.5, 0.6) is 11.5 Å². The summed E-state index contributed by atoms with van der Waals surface area (Å²) in [6.07, 6.45) is -0.00161. The zero-order valence-electron chi connectivity index (χ0n) is 11.7. The first kappa shape index (κ1) is 14.6. The topological polar surface area (TPSA) is 79.8 Å². The predicted molar refractivity (Wildman–Crippen MR) is 73.8 cm³/mol. The highest BCUT2D eigenvalue weighted by molar-refractivity contribution is 5.82. The van der Waals surface area contributed by atoms with Crippen LogP contribution in [0.3, 0.4) is 0 Å². The minimum Gasteiger partial charge on any atom is -0.493 e. The van der Waals surface area contributed by atoms with Crippen LogP contribution < -0.4 is 20.1 Å². The van der Waals surface area contributed by atoms with Gasteiger partial charge in [-0.1, -0.05) is 12.1 Å². The van der Waals surface area contributed by atoms with Gasteiger partial charge in [-0.25, -0.2) is 0 Å². The summed E-state index contributed by atoms with van der Waals surface area (Å²) in [4.78, 5) is 12.0. The van der Waals surface area contributed by atoms with Gasteiger partial charge < -0.3 is 25.2 Å². The molecular formula is C14H20N2O4. The molecule has 0 unspecified atom stereocenters. The van der Waals surface area contributed by atoms with Gasteiger partial charge in [0.2, 0.25) is 5.91 Å². The van der Waals surface area contributed by atoms with Crippen molar-refractivity contribution in [2.24, 2.45) is 0 Å². The average molecular weight is 280 g/mol. The molecule has 1 heterocycles. The monoisotopic (exact) mass is 280 g/mol. The Morgan fingerprint density at radius 1 is 1.45 bits per heavy atom. The number of hydrogen-bond donors (Lipinski definition) is 3. The Bertz CT molecular complexity index is 478. The lowest BCUT2D eigenvalue weighted by molar-refractivity contribution is -0.123. The van der Waals surface area contributed by atoms with Gasteiger partial charge in [0.15, 0.2) is 11.5 Å². The summed E-state index contributed by atoms with van der Waals surface area (Å²) in [5, 5.41) is 15.2. The zero-order chi connectivity index (χ0) is 14.5. The molecule has 20 heavy (non-hydrogen) atoms. The fourth-order valence-electron chi connectivity index (χ4n) is 2.32. The van der Waals surface area contributed by atoms with Crippen LogP contribution >= 0.6 is 0 Å². The van der Waals surface area contributed by atoms with Crippen molar-refractivity contribution in [2.75, 3.05) is 20.8 Å². The number of hydrogen-bond acceptors (Lipinski definition) is 5. The molecule has 2 atom stereocenters. The molecule has 1 saturated heterocycles. The molecule has 6 heteroatoms. The highest BCUT2D eigenvalue weighted by atomic mass is 16.5. The first-order valence-electron chi connectivity index (χ1n) is 6.54. The van der Waals surface area contributed by atoms with Crippen molar-refractivity contribution in [3.05, 3.63) is 23.8 Å². The number of aliphatic hydroxyl groups is 1. The summed E-state index contributed by atoms with van der Waals surface area (Å²) in [5.74, 6) is 1.13. The summed E-state index contributed by atoms with van der Waals surface area (Å²) in [6, 6.07) is 5.19. The molecular weight excluding hydrogens is 260 g/mol. The third-order valence-corrected chi connectivity index (χ3v) is 3.36. The van der Waals surface area contributed by atoms with E-state index in [0.717, 1.165) is 5.56 Å². The van der Waals surface area contributed by atoms with Gasteiger partial charge in [0.25, 0.3) is 0 Å². The van der Waals surface area contributed by atoms with Gasteiger partial charge in [0.1, 0.15) is 0 Å². The Labute approximate surface area is 118 Å². The van der Waals surface area contributed by atoms with E-state index in [1.54, 1.807) is 20.3 Å². The number of β-amino-alcohol motifs (C(OH)–C–C–N with tert-alkyl or cyclic N) is 1. The highest BCUT2D eigenvalue weighted by Crippen LogP contribution is 2.30. The van der Waals surface area contributed by atoms with Crippen LogP contribution in [0.15, 0.2) is 18.2 Å². The minimum absolute atomic E-state index is 0.119. The number of rotatable bonds is 5. The van der Waals surface area contributed by atoms with E-state index in [1.807, 2.05) is 12.1 Å². The van der Waals surface area contributed by atoms with E-state index in [0.29, 0.717) is 31.0 Å². The first-order valence-corrected chi connectivity index (χ1v) is 6.54. The van der Waals surface area contributed by atoms with E-state index in [4.69, 9.17) is 9.47 Å². The van der Waals surface area contributed by atoms with Gasteiger partial charge >= 0.3 is 0 Å². The molecule has 2 rings (SSSR count). The molecule has 110 valence electrons. The summed E-state index contributed by atoms with van der Waals surface area (Å²) in [5.41, 5.74) is 0.846. The zero-order valence-corrected chi connectivity index (χ0v) is 11.7. The lowest BCUT2D eigenvalue weighted by Gasteiger charge is -2.15. The van der Waals surface area contributed by atoms with Crippen LogP contribution in [0, 0.1) is 0 Å². The van der Waals surface area contributed by atoms with Crippen molar-refractivity contribution in [2.45, 2.75) is 25.1 Å². The SMILES string of the molecule is COc1cccc(CNC(=O)[C@H]2C[C@H](O)CN2)c1OC. The standard InChI is InChI=1S/C14H20N2O4/c1-19-12-5-3-4-9(13(12)20-2)7-16-14(18)11-6-10(17)8-15-11/h3-5,10-11,15,17H,6-8H2,1-2H3,(H,16,18)/t10-,11+/m0/s1. The lowest BCUT2D eigenvalue weighted by atomic mass is 10.1. The third-order valence-electron chi connectivity index (χ3n) is 3.36. The maximum Gasteiger partial charge on any atom is 0.237 e. The Hall–Kier alpha value is -1.79. The second-order valence-corrected chi connectivity index (χ2v) is 4.72. The van der Waals surface area contributed by atoms with E-state index in [1.165, 1.54) is 0 Å². The number of para-hydroxylation sites is 1. The maximum absolute atomic E-state index is 12.0. The van der Waals surface area contributed by atoms with Crippen LogP contribution in [0.25, 0.3) is 0 Å². The van der Waals surface area contributed by atoms with Crippen LogP contribution in [-0.4, -0.2) is 43.9 Å². The summed E-state index contributed by atoms with van der Waals surface area (Å²) in [6.45, 7) is 0.814. The molecule has 1 aliphatic rings. The molecule has 0 bridgehead atoms. The van der Waals surface area contributed by atoms with Crippen molar-refractivity contribution in [3.8, 4) is 11.5 Å². The molecule has 1 amide bonds. The Kier molecular flexibility index (Phi) is 4.81. The Morgan fingerprint density at radius 2 is 2.25 bits per heavy atom. The normalized spacial score (nSPS) is 21.6. The number of nitrogens with one attached hydrogen (secondary N) is 2. The summed E-state index contributed by atoms with van der Waals surface area (Å²) >= 11 is 0. The highest BCUT2D eigenvalue weighted by Gasteiger charge is 2.27. The lowest BCUT2D eigenvalue weighted by Crippen LogP contribution is -2.40. The molecule has 6 nitrogen and oxygen atoms in total. The first-order chi connectivity index (χ1) is 9.65. The molecule has 1 aromatic rings.